The number of nitrogens with zero attached hydrogens (tertiary/aromatic N) is 3. The average molecular weight is 412 g/mol. The van der Waals surface area contributed by atoms with E-state index in [1.165, 1.54) is 5.56 Å². The third-order valence-corrected chi connectivity index (χ3v) is 6.13. The quantitative estimate of drug-likeness (QED) is 0.709. The Morgan fingerprint density at radius 1 is 1.13 bits per heavy atom. The highest BCUT2D eigenvalue weighted by atomic mass is 16.5. The van der Waals surface area contributed by atoms with E-state index in [2.05, 4.69) is 46.6 Å². The molecule has 1 N–H and O–H groups in total. The SMILES string of the molecule is N#Cc1ccc2c(CN3CCOCC3)cc(-c3ccc([C@H]4CCC(=O)N4)cc3)nc2c1. The molecule has 3 heterocycles. The van der Waals surface area contributed by atoms with E-state index in [9.17, 15) is 10.1 Å². The molecule has 0 bridgehead atoms. The van der Waals surface area contributed by atoms with Gasteiger partial charge in [0.2, 0.25) is 5.91 Å². The van der Waals surface area contributed by atoms with Gasteiger partial charge < -0.3 is 10.1 Å². The molecule has 0 unspecified atom stereocenters. The number of amides is 1. The van der Waals surface area contributed by atoms with E-state index in [4.69, 9.17) is 9.72 Å². The molecule has 1 amide bonds. The van der Waals surface area contributed by atoms with Crippen LogP contribution in [0.5, 0.6) is 0 Å². The van der Waals surface area contributed by atoms with Gasteiger partial charge in [0.15, 0.2) is 0 Å². The molecule has 2 fully saturated rings. The molecule has 0 saturated carbocycles. The Morgan fingerprint density at radius 3 is 2.65 bits per heavy atom. The Labute approximate surface area is 181 Å². The monoisotopic (exact) mass is 412 g/mol. The minimum absolute atomic E-state index is 0.0983. The van der Waals surface area contributed by atoms with E-state index in [1.54, 1.807) is 0 Å². The van der Waals surface area contributed by atoms with Crippen molar-refractivity contribution in [2.45, 2.75) is 25.4 Å². The van der Waals surface area contributed by atoms with Crippen molar-refractivity contribution in [3.05, 3.63) is 65.2 Å². The Kier molecular flexibility index (Phi) is 5.37. The van der Waals surface area contributed by atoms with Gasteiger partial charge in [0.1, 0.15) is 0 Å². The number of carbonyl (C=O) groups is 1. The molecule has 2 aromatic carbocycles. The molecule has 3 aromatic rings. The molecule has 1 aromatic heterocycles. The van der Waals surface area contributed by atoms with Crippen LogP contribution in [-0.4, -0.2) is 42.1 Å². The fraction of sp³-hybridized carbons (Fsp3) is 0.320. The number of morpholine rings is 1. The van der Waals surface area contributed by atoms with Crippen molar-refractivity contribution in [2.24, 2.45) is 0 Å². The van der Waals surface area contributed by atoms with E-state index in [1.807, 2.05) is 18.2 Å². The van der Waals surface area contributed by atoms with Gasteiger partial charge in [-0.05, 0) is 35.7 Å². The second kappa shape index (κ2) is 8.46. The number of hydrogen-bond donors (Lipinski definition) is 1. The van der Waals surface area contributed by atoms with Gasteiger partial charge in [-0.2, -0.15) is 5.26 Å². The number of fused-ring (bicyclic) bond motifs is 1. The van der Waals surface area contributed by atoms with Crippen LogP contribution in [-0.2, 0) is 16.1 Å². The summed E-state index contributed by atoms with van der Waals surface area (Å²) >= 11 is 0. The zero-order valence-electron chi connectivity index (χ0n) is 17.3. The normalized spacial score (nSPS) is 19.3. The third-order valence-electron chi connectivity index (χ3n) is 6.13. The first-order valence-electron chi connectivity index (χ1n) is 10.7. The number of pyridine rings is 1. The van der Waals surface area contributed by atoms with E-state index >= 15 is 0 Å². The first kappa shape index (κ1) is 19.7. The minimum Gasteiger partial charge on any atom is -0.379 e. The summed E-state index contributed by atoms with van der Waals surface area (Å²) in [4.78, 5) is 18.8. The van der Waals surface area contributed by atoms with Gasteiger partial charge in [-0.1, -0.05) is 30.3 Å². The molecule has 2 aliphatic heterocycles. The van der Waals surface area contributed by atoms with Crippen molar-refractivity contribution < 1.29 is 9.53 Å². The van der Waals surface area contributed by atoms with Crippen molar-refractivity contribution in [2.75, 3.05) is 26.3 Å². The molecule has 0 spiro atoms. The zero-order valence-corrected chi connectivity index (χ0v) is 17.3. The second-order valence-electron chi connectivity index (χ2n) is 8.18. The smallest absolute Gasteiger partial charge is 0.220 e. The van der Waals surface area contributed by atoms with Gasteiger partial charge in [0, 0.05) is 37.0 Å². The van der Waals surface area contributed by atoms with E-state index in [0.29, 0.717) is 12.0 Å². The van der Waals surface area contributed by atoms with E-state index in [-0.39, 0.29) is 11.9 Å². The molecule has 0 aliphatic carbocycles. The molecule has 31 heavy (non-hydrogen) atoms. The summed E-state index contributed by atoms with van der Waals surface area (Å²) in [6.45, 7) is 4.17. The molecular weight excluding hydrogens is 388 g/mol. The number of nitriles is 1. The maximum absolute atomic E-state index is 11.5. The van der Waals surface area contributed by atoms with Gasteiger partial charge in [0.05, 0.1) is 42.1 Å². The van der Waals surface area contributed by atoms with Crippen molar-refractivity contribution in [3.8, 4) is 17.3 Å². The maximum Gasteiger partial charge on any atom is 0.220 e. The van der Waals surface area contributed by atoms with Gasteiger partial charge in [0.25, 0.3) is 0 Å². The Balaban J connectivity index is 1.51. The largest absolute Gasteiger partial charge is 0.379 e. The molecule has 0 radical (unpaired) electrons. The predicted molar refractivity (Wildman–Crippen MR) is 118 cm³/mol. The van der Waals surface area contributed by atoms with Crippen LogP contribution in [0.4, 0.5) is 0 Å². The number of rotatable bonds is 4. The first-order valence-corrected chi connectivity index (χ1v) is 10.7. The first-order chi connectivity index (χ1) is 15.2. The molecule has 156 valence electrons. The molecule has 5 rings (SSSR count). The lowest BCUT2D eigenvalue weighted by molar-refractivity contribution is -0.119. The summed E-state index contributed by atoms with van der Waals surface area (Å²) in [5.74, 6) is 0.117. The fourth-order valence-corrected chi connectivity index (χ4v) is 4.40. The van der Waals surface area contributed by atoms with Crippen molar-refractivity contribution in [3.63, 3.8) is 0 Å². The van der Waals surface area contributed by atoms with Crippen LogP contribution in [0, 0.1) is 11.3 Å². The van der Waals surface area contributed by atoms with E-state index < -0.39 is 0 Å². The highest BCUT2D eigenvalue weighted by molar-refractivity contribution is 5.86. The van der Waals surface area contributed by atoms with Gasteiger partial charge in [-0.25, -0.2) is 4.98 Å². The molecule has 2 aliphatic rings. The predicted octanol–water partition coefficient (Wildman–Crippen LogP) is 3.56. The average Bonchev–Trinajstić information content (AvgIpc) is 3.25. The van der Waals surface area contributed by atoms with Crippen LogP contribution in [0.1, 0.15) is 35.6 Å². The second-order valence-corrected chi connectivity index (χ2v) is 8.18. The van der Waals surface area contributed by atoms with E-state index in [0.717, 1.165) is 67.0 Å². The Hall–Kier alpha value is -3.27. The van der Waals surface area contributed by atoms with Crippen LogP contribution >= 0.6 is 0 Å². The maximum atomic E-state index is 11.5. The number of benzene rings is 2. The summed E-state index contributed by atoms with van der Waals surface area (Å²) in [5.41, 5.74) is 5.70. The van der Waals surface area contributed by atoms with Crippen molar-refractivity contribution >= 4 is 16.8 Å². The lowest BCUT2D eigenvalue weighted by atomic mass is 9.99. The summed E-state index contributed by atoms with van der Waals surface area (Å²) in [6.07, 6.45) is 1.43. The summed E-state index contributed by atoms with van der Waals surface area (Å²) in [7, 11) is 0. The summed E-state index contributed by atoms with van der Waals surface area (Å²) in [5, 5.41) is 13.4. The van der Waals surface area contributed by atoms with Crippen LogP contribution < -0.4 is 5.32 Å². The Bertz CT molecular complexity index is 1160. The molecule has 6 heteroatoms. The van der Waals surface area contributed by atoms with Crippen LogP contribution in [0.25, 0.3) is 22.2 Å². The number of hydrogen-bond acceptors (Lipinski definition) is 5. The van der Waals surface area contributed by atoms with Crippen molar-refractivity contribution in [1.29, 1.82) is 5.26 Å². The fourth-order valence-electron chi connectivity index (χ4n) is 4.40. The minimum atomic E-state index is 0.0983. The zero-order chi connectivity index (χ0) is 21.2. The van der Waals surface area contributed by atoms with Crippen LogP contribution in [0.15, 0.2) is 48.5 Å². The lowest BCUT2D eigenvalue weighted by Gasteiger charge is -2.27. The van der Waals surface area contributed by atoms with Gasteiger partial charge in [-0.15, -0.1) is 0 Å². The summed E-state index contributed by atoms with van der Waals surface area (Å²) in [6, 6.07) is 18.5. The highest BCUT2D eigenvalue weighted by Gasteiger charge is 2.22. The number of carbonyl (C=O) groups excluding carboxylic acids is 1. The molecule has 6 nitrogen and oxygen atoms in total. The van der Waals surface area contributed by atoms with Crippen LogP contribution in [0.2, 0.25) is 0 Å². The highest BCUT2D eigenvalue weighted by Crippen LogP contribution is 2.29. The van der Waals surface area contributed by atoms with Gasteiger partial charge in [-0.3, -0.25) is 9.69 Å². The summed E-state index contributed by atoms with van der Waals surface area (Å²) < 4.78 is 5.49. The topological polar surface area (TPSA) is 78.2 Å². The molecular formula is C25H24N4O2. The number of nitrogens with one attached hydrogen (secondary N) is 1. The number of aromatic nitrogens is 1. The standard InChI is InChI=1S/C25H24N4O2/c26-15-17-1-6-21-20(16-29-9-11-31-12-10-29)14-23(27-24(21)13-17)19-4-2-18(3-5-19)22-7-8-25(30)28-22/h1-6,13-14,22H,7-12,16H2,(H,28,30)/t22-/m1/s1. The number of ether oxygens (including phenoxy) is 1. The lowest BCUT2D eigenvalue weighted by Crippen LogP contribution is -2.35. The molecule has 2 saturated heterocycles. The Morgan fingerprint density at radius 2 is 1.94 bits per heavy atom. The third kappa shape index (κ3) is 4.15. The van der Waals surface area contributed by atoms with Crippen molar-refractivity contribution in [1.82, 2.24) is 15.2 Å². The molecule has 1 atom stereocenters. The van der Waals surface area contributed by atoms with Crippen LogP contribution in [0.3, 0.4) is 0 Å². The van der Waals surface area contributed by atoms with Gasteiger partial charge >= 0.3 is 0 Å².